The second-order valence-corrected chi connectivity index (χ2v) is 12.0. The first kappa shape index (κ1) is 27.9. The number of carbonyl (C=O) groups excluding carboxylic acids is 3. The Hall–Kier alpha value is -3.63. The molecule has 2 N–H and O–H groups in total. The third kappa shape index (κ3) is 5.93. The van der Waals surface area contributed by atoms with Crippen molar-refractivity contribution in [3.8, 4) is 0 Å². The van der Waals surface area contributed by atoms with Crippen molar-refractivity contribution in [2.24, 2.45) is 0 Å². The average Bonchev–Trinajstić information content (AvgIpc) is 3.62. The Bertz CT molecular complexity index is 1560. The zero-order chi connectivity index (χ0) is 28.2. The van der Waals surface area contributed by atoms with Gasteiger partial charge in [0.25, 0.3) is 5.91 Å². The maximum Gasteiger partial charge on any atom is 0.341 e. The lowest BCUT2D eigenvalue weighted by atomic mass is 10.1. The van der Waals surface area contributed by atoms with E-state index < -0.39 is 5.25 Å². The molecule has 1 unspecified atom stereocenters. The topological polar surface area (TPSA) is 89.4 Å². The summed E-state index contributed by atoms with van der Waals surface area (Å²) >= 11 is 2.92. The van der Waals surface area contributed by atoms with Gasteiger partial charge in [0.15, 0.2) is 0 Å². The number of halogens is 1. The highest BCUT2D eigenvalue weighted by Gasteiger charge is 2.29. The van der Waals surface area contributed by atoms with Gasteiger partial charge < -0.3 is 19.9 Å². The lowest BCUT2D eigenvalue weighted by Crippen LogP contribution is -2.27. The molecule has 0 saturated carbocycles. The standard InChI is InChI=1S/C30H30FN3O4S2/c1-3-38-30(37)26-22-8-6-10-24(22)40-29(26)33-27(35)18(2)39-25-17-34(23-9-5-4-7-21(23)25)16-15-32-28(36)19-11-13-20(31)14-12-19/h4-5,7,9,11-14,17-18H,3,6,8,10,15-16H2,1-2H3,(H,32,36)(H,33,35). The number of ether oxygens (including phenoxy) is 1. The fourth-order valence-electron chi connectivity index (χ4n) is 4.85. The molecule has 5 rings (SSSR count). The van der Waals surface area contributed by atoms with Crippen LogP contribution in [0.5, 0.6) is 0 Å². The van der Waals surface area contributed by atoms with E-state index in [1.807, 2.05) is 37.4 Å². The summed E-state index contributed by atoms with van der Waals surface area (Å²) in [6.45, 7) is 4.81. The van der Waals surface area contributed by atoms with Crippen LogP contribution in [0, 0.1) is 5.82 Å². The molecule has 0 fully saturated rings. The molecule has 4 aromatic rings. The van der Waals surface area contributed by atoms with Crippen molar-refractivity contribution in [1.82, 2.24) is 9.88 Å². The number of thioether (sulfide) groups is 1. The summed E-state index contributed by atoms with van der Waals surface area (Å²) < 4.78 is 20.5. The fourth-order valence-corrected chi connectivity index (χ4v) is 7.17. The smallest absolute Gasteiger partial charge is 0.341 e. The van der Waals surface area contributed by atoms with Crippen molar-refractivity contribution in [3.05, 3.63) is 82.1 Å². The molecule has 2 amide bonds. The zero-order valence-corrected chi connectivity index (χ0v) is 23.9. The van der Waals surface area contributed by atoms with E-state index in [0.29, 0.717) is 29.2 Å². The SMILES string of the molecule is CCOC(=O)c1c(NC(=O)C(C)Sc2cn(CCNC(=O)c3ccc(F)cc3)c3ccccc23)sc2c1CCC2. The molecule has 40 heavy (non-hydrogen) atoms. The first-order chi connectivity index (χ1) is 19.4. The van der Waals surface area contributed by atoms with Gasteiger partial charge >= 0.3 is 5.97 Å². The van der Waals surface area contributed by atoms with Crippen LogP contribution >= 0.6 is 23.1 Å². The molecule has 1 aliphatic rings. The Morgan fingerprint density at radius 1 is 1.12 bits per heavy atom. The number of aromatic nitrogens is 1. The molecule has 0 aliphatic heterocycles. The van der Waals surface area contributed by atoms with E-state index in [-0.39, 0.29) is 30.2 Å². The van der Waals surface area contributed by atoms with Gasteiger partial charge in [-0.1, -0.05) is 18.2 Å². The number of amides is 2. The molecule has 0 radical (unpaired) electrons. The predicted octanol–water partition coefficient (Wildman–Crippen LogP) is 6.06. The lowest BCUT2D eigenvalue weighted by Gasteiger charge is -2.12. The predicted molar refractivity (Wildman–Crippen MR) is 157 cm³/mol. The zero-order valence-electron chi connectivity index (χ0n) is 22.3. The van der Waals surface area contributed by atoms with Gasteiger partial charge in [-0.2, -0.15) is 0 Å². The minimum absolute atomic E-state index is 0.182. The molecule has 1 aliphatic carbocycles. The molecule has 0 spiro atoms. The Morgan fingerprint density at radius 3 is 2.67 bits per heavy atom. The maximum atomic E-state index is 13.3. The van der Waals surface area contributed by atoms with Gasteiger partial charge in [0.05, 0.1) is 17.4 Å². The van der Waals surface area contributed by atoms with Crippen LogP contribution in [-0.2, 0) is 28.9 Å². The minimum Gasteiger partial charge on any atom is -0.462 e. The number of benzene rings is 2. The summed E-state index contributed by atoms with van der Waals surface area (Å²) in [5, 5.41) is 7.03. The van der Waals surface area contributed by atoms with Gasteiger partial charge in [-0.3, -0.25) is 9.59 Å². The third-order valence-corrected chi connectivity index (χ3v) is 9.16. The van der Waals surface area contributed by atoms with Crippen molar-refractivity contribution in [3.63, 3.8) is 0 Å². The minimum atomic E-state index is -0.426. The summed E-state index contributed by atoms with van der Waals surface area (Å²) in [7, 11) is 0. The van der Waals surface area contributed by atoms with Crippen LogP contribution < -0.4 is 10.6 Å². The number of nitrogens with one attached hydrogen (secondary N) is 2. The average molecular weight is 580 g/mol. The molecular formula is C30H30FN3O4S2. The Morgan fingerprint density at radius 2 is 1.90 bits per heavy atom. The molecule has 0 saturated heterocycles. The van der Waals surface area contributed by atoms with E-state index in [4.69, 9.17) is 4.74 Å². The Labute approximate surface area is 240 Å². The van der Waals surface area contributed by atoms with Crippen LogP contribution in [0.4, 0.5) is 9.39 Å². The second-order valence-electron chi connectivity index (χ2n) is 9.50. The molecule has 2 heterocycles. The highest BCUT2D eigenvalue weighted by molar-refractivity contribution is 8.00. The summed E-state index contributed by atoms with van der Waals surface area (Å²) in [6, 6.07) is 13.4. The molecule has 208 valence electrons. The molecular weight excluding hydrogens is 549 g/mol. The lowest BCUT2D eigenvalue weighted by molar-refractivity contribution is -0.115. The number of hydrogen-bond donors (Lipinski definition) is 2. The van der Waals surface area contributed by atoms with E-state index in [1.54, 1.807) is 6.92 Å². The number of anilines is 1. The van der Waals surface area contributed by atoms with E-state index in [0.717, 1.165) is 45.5 Å². The number of fused-ring (bicyclic) bond motifs is 2. The normalized spacial score (nSPS) is 13.2. The number of nitrogens with zero attached hydrogens (tertiary/aromatic N) is 1. The van der Waals surface area contributed by atoms with Crippen molar-refractivity contribution >= 4 is 56.8 Å². The first-order valence-electron chi connectivity index (χ1n) is 13.3. The van der Waals surface area contributed by atoms with E-state index in [9.17, 15) is 18.8 Å². The molecule has 0 bridgehead atoms. The molecule has 2 aromatic heterocycles. The van der Waals surface area contributed by atoms with Crippen LogP contribution in [-0.4, -0.2) is 40.8 Å². The quantitative estimate of drug-likeness (QED) is 0.176. The first-order valence-corrected chi connectivity index (χ1v) is 15.0. The van der Waals surface area contributed by atoms with Gasteiger partial charge in [0.2, 0.25) is 5.91 Å². The highest BCUT2D eigenvalue weighted by atomic mass is 32.2. The van der Waals surface area contributed by atoms with Gasteiger partial charge in [-0.05, 0) is 69.0 Å². The number of thiophene rings is 1. The van der Waals surface area contributed by atoms with Gasteiger partial charge in [0, 0.05) is 45.5 Å². The highest BCUT2D eigenvalue weighted by Crippen LogP contribution is 2.40. The van der Waals surface area contributed by atoms with E-state index >= 15 is 0 Å². The number of aryl methyl sites for hydroxylation is 1. The largest absolute Gasteiger partial charge is 0.462 e. The van der Waals surface area contributed by atoms with Crippen molar-refractivity contribution < 1.29 is 23.5 Å². The van der Waals surface area contributed by atoms with Gasteiger partial charge in [0.1, 0.15) is 10.8 Å². The fraction of sp³-hybridized carbons (Fsp3) is 0.300. The molecule has 2 aromatic carbocycles. The van der Waals surface area contributed by atoms with Gasteiger partial charge in [-0.25, -0.2) is 9.18 Å². The number of carbonyl (C=O) groups is 3. The van der Waals surface area contributed by atoms with Crippen LogP contribution in [0.3, 0.4) is 0 Å². The molecule has 10 heteroatoms. The summed E-state index contributed by atoms with van der Waals surface area (Å²) in [5.74, 6) is -1.22. The summed E-state index contributed by atoms with van der Waals surface area (Å²) in [4.78, 5) is 40.5. The van der Waals surface area contributed by atoms with Crippen LogP contribution in [0.2, 0.25) is 0 Å². The summed E-state index contributed by atoms with van der Waals surface area (Å²) in [5.41, 5.74) is 2.91. The van der Waals surface area contributed by atoms with Gasteiger partial charge in [-0.15, -0.1) is 23.1 Å². The second kappa shape index (κ2) is 12.3. The molecule has 1 atom stereocenters. The van der Waals surface area contributed by atoms with Crippen LogP contribution in [0.1, 0.15) is 51.4 Å². The van der Waals surface area contributed by atoms with Crippen molar-refractivity contribution in [2.45, 2.75) is 49.8 Å². The van der Waals surface area contributed by atoms with E-state index in [2.05, 4.69) is 15.2 Å². The van der Waals surface area contributed by atoms with E-state index in [1.165, 1.54) is 47.4 Å². The summed E-state index contributed by atoms with van der Waals surface area (Å²) in [6.07, 6.45) is 4.74. The van der Waals surface area contributed by atoms with Crippen LogP contribution in [0.15, 0.2) is 59.6 Å². The van der Waals surface area contributed by atoms with Crippen LogP contribution in [0.25, 0.3) is 10.9 Å². The van der Waals surface area contributed by atoms with Crippen molar-refractivity contribution in [1.29, 1.82) is 0 Å². The van der Waals surface area contributed by atoms with Crippen molar-refractivity contribution in [2.75, 3.05) is 18.5 Å². The Balaban J connectivity index is 1.27. The Kier molecular flexibility index (Phi) is 8.56. The molecule has 7 nitrogen and oxygen atoms in total. The maximum absolute atomic E-state index is 13.3. The monoisotopic (exact) mass is 579 g/mol. The number of hydrogen-bond acceptors (Lipinski definition) is 6. The third-order valence-electron chi connectivity index (χ3n) is 6.81. The number of esters is 1. The number of rotatable bonds is 10. The number of para-hydroxylation sites is 1.